The molecule has 0 aliphatic heterocycles. The van der Waals surface area contributed by atoms with Crippen molar-refractivity contribution in [3.63, 3.8) is 0 Å². The minimum atomic E-state index is -0.865. The summed E-state index contributed by atoms with van der Waals surface area (Å²) in [7, 11) is 1.58. The van der Waals surface area contributed by atoms with Crippen LogP contribution in [0.1, 0.15) is 42.9 Å². The molecule has 0 spiro atoms. The maximum atomic E-state index is 14.1. The molecule has 1 saturated carbocycles. The molecule has 2 amide bonds. The lowest BCUT2D eigenvalue weighted by atomic mass is 9.97. The van der Waals surface area contributed by atoms with Crippen LogP contribution in [0.5, 0.6) is 5.75 Å². The third-order valence-electron chi connectivity index (χ3n) is 7.00. The maximum absolute atomic E-state index is 14.1. The van der Waals surface area contributed by atoms with Crippen LogP contribution < -0.4 is 15.0 Å². The number of aromatic nitrogens is 3. The lowest BCUT2D eigenvalue weighted by Gasteiger charge is -2.33. The Morgan fingerprint density at radius 1 is 1.05 bits per heavy atom. The Kier molecular flexibility index (Phi) is 7.16. The molecule has 8 heteroatoms. The van der Waals surface area contributed by atoms with Crippen LogP contribution in [-0.2, 0) is 16.1 Å². The molecule has 37 heavy (non-hydrogen) atoms. The minimum Gasteiger partial charge on any atom is -0.497 e. The summed E-state index contributed by atoms with van der Waals surface area (Å²) in [6, 6.07) is 21.7. The molecular weight excluding hydrogens is 466 g/mol. The van der Waals surface area contributed by atoms with E-state index >= 15 is 0 Å². The van der Waals surface area contributed by atoms with Crippen LogP contribution in [0.4, 0.5) is 5.69 Å². The van der Waals surface area contributed by atoms with Crippen LogP contribution in [-0.4, -0.2) is 40.0 Å². The summed E-state index contributed by atoms with van der Waals surface area (Å²) < 4.78 is 7.04. The summed E-state index contributed by atoms with van der Waals surface area (Å²) in [4.78, 5) is 29.7. The second kappa shape index (κ2) is 10.8. The normalized spacial score (nSPS) is 14.4. The first-order chi connectivity index (χ1) is 18.0. The molecule has 1 N–H and O–H groups in total. The fourth-order valence-corrected chi connectivity index (χ4v) is 5.08. The number of carbonyl (C=O) groups excluding carboxylic acids is 2. The van der Waals surface area contributed by atoms with E-state index in [4.69, 9.17) is 4.74 Å². The molecule has 5 rings (SSSR count). The van der Waals surface area contributed by atoms with Crippen LogP contribution in [0.15, 0.2) is 72.8 Å². The van der Waals surface area contributed by atoms with Crippen molar-refractivity contribution in [2.75, 3.05) is 12.0 Å². The van der Waals surface area contributed by atoms with Gasteiger partial charge >= 0.3 is 0 Å². The highest BCUT2D eigenvalue weighted by Crippen LogP contribution is 2.33. The van der Waals surface area contributed by atoms with Gasteiger partial charge in [-0.05, 0) is 55.2 Å². The van der Waals surface area contributed by atoms with Crippen LogP contribution in [0, 0.1) is 6.92 Å². The molecule has 1 atom stereocenters. The Morgan fingerprint density at radius 2 is 1.81 bits per heavy atom. The number of para-hydroxylation sites is 1. The van der Waals surface area contributed by atoms with Crippen LogP contribution in [0.25, 0.3) is 11.0 Å². The number of benzene rings is 3. The van der Waals surface area contributed by atoms with Gasteiger partial charge in [0, 0.05) is 17.8 Å². The van der Waals surface area contributed by atoms with Crippen LogP contribution in [0.3, 0.4) is 0 Å². The number of carbonyl (C=O) groups is 2. The molecule has 4 aromatic rings. The van der Waals surface area contributed by atoms with E-state index in [2.05, 4.69) is 15.6 Å². The van der Waals surface area contributed by atoms with Crippen molar-refractivity contribution < 1.29 is 14.3 Å². The summed E-state index contributed by atoms with van der Waals surface area (Å²) in [6.45, 7) is 1.89. The maximum Gasteiger partial charge on any atom is 0.249 e. The molecule has 190 valence electrons. The van der Waals surface area contributed by atoms with Crippen molar-refractivity contribution in [1.82, 2.24) is 20.3 Å². The fourth-order valence-electron chi connectivity index (χ4n) is 5.08. The molecule has 1 heterocycles. The second-order valence-electron chi connectivity index (χ2n) is 9.45. The fraction of sp³-hybridized carbons (Fsp3) is 0.310. The highest BCUT2D eigenvalue weighted by Gasteiger charge is 2.35. The van der Waals surface area contributed by atoms with Crippen LogP contribution >= 0.6 is 0 Å². The second-order valence-corrected chi connectivity index (χ2v) is 9.45. The molecule has 1 fully saturated rings. The molecule has 1 aliphatic rings. The van der Waals surface area contributed by atoms with Gasteiger partial charge in [0.15, 0.2) is 0 Å². The van der Waals surface area contributed by atoms with Gasteiger partial charge in [-0.2, -0.15) is 0 Å². The van der Waals surface area contributed by atoms with Gasteiger partial charge in [0.2, 0.25) is 11.8 Å². The molecule has 3 aromatic carbocycles. The van der Waals surface area contributed by atoms with E-state index in [1.165, 1.54) is 0 Å². The molecule has 1 aromatic heterocycles. The van der Waals surface area contributed by atoms with Gasteiger partial charge in [0.25, 0.3) is 0 Å². The molecule has 1 unspecified atom stereocenters. The largest absolute Gasteiger partial charge is 0.497 e. The van der Waals surface area contributed by atoms with Crippen molar-refractivity contribution in [3.05, 3.63) is 83.9 Å². The van der Waals surface area contributed by atoms with Crippen molar-refractivity contribution >= 4 is 28.5 Å². The smallest absolute Gasteiger partial charge is 0.249 e. The Balaban J connectivity index is 1.60. The van der Waals surface area contributed by atoms with Gasteiger partial charge in [0.1, 0.15) is 23.9 Å². The number of nitrogens with one attached hydrogen (secondary N) is 1. The number of hydrogen-bond donors (Lipinski definition) is 1. The number of ether oxygens (including phenoxy) is 1. The standard InChI is InChI=1S/C29H31N5O3/c1-20-10-3-6-15-24(20)28(29(36)30-21-11-4-5-12-21)34(22-13-9-14-23(18-22)37-2)27(35)19-33-26-17-8-7-16-25(26)31-32-33/h3,6-10,13-18,21,28H,4-5,11-12,19H2,1-2H3,(H,30,36). The molecule has 0 saturated heterocycles. The summed E-state index contributed by atoms with van der Waals surface area (Å²) in [5.74, 6) is 0.126. The SMILES string of the molecule is COc1cccc(N(C(=O)Cn2nnc3ccccc32)C(C(=O)NC2CCCC2)c2ccccc2C)c1. The summed E-state index contributed by atoms with van der Waals surface area (Å²) in [5, 5.41) is 11.6. The summed E-state index contributed by atoms with van der Waals surface area (Å²) in [5.41, 5.74) is 3.74. The van der Waals surface area contributed by atoms with Crippen molar-refractivity contribution in [2.45, 2.75) is 51.2 Å². The van der Waals surface area contributed by atoms with E-state index in [-0.39, 0.29) is 24.4 Å². The van der Waals surface area contributed by atoms with Crippen molar-refractivity contribution in [3.8, 4) is 5.75 Å². The average Bonchev–Trinajstić information content (AvgIpc) is 3.58. The average molecular weight is 498 g/mol. The van der Waals surface area contributed by atoms with Crippen LogP contribution in [0.2, 0.25) is 0 Å². The molecule has 1 aliphatic carbocycles. The Bertz CT molecular complexity index is 1410. The predicted molar refractivity (Wildman–Crippen MR) is 142 cm³/mol. The van der Waals surface area contributed by atoms with E-state index in [1.807, 2.05) is 73.7 Å². The molecular formula is C29H31N5O3. The number of methoxy groups -OCH3 is 1. The summed E-state index contributed by atoms with van der Waals surface area (Å²) >= 11 is 0. The van der Waals surface area contributed by atoms with Gasteiger partial charge in [-0.15, -0.1) is 5.10 Å². The zero-order valence-corrected chi connectivity index (χ0v) is 21.1. The van der Waals surface area contributed by atoms with E-state index < -0.39 is 6.04 Å². The first kappa shape index (κ1) is 24.5. The zero-order chi connectivity index (χ0) is 25.8. The van der Waals surface area contributed by atoms with E-state index in [0.717, 1.165) is 42.3 Å². The summed E-state index contributed by atoms with van der Waals surface area (Å²) in [6.07, 6.45) is 4.09. The van der Waals surface area contributed by atoms with E-state index in [0.29, 0.717) is 17.0 Å². The number of anilines is 1. The topological polar surface area (TPSA) is 89.3 Å². The minimum absolute atomic E-state index is 0.0726. The predicted octanol–water partition coefficient (Wildman–Crippen LogP) is 4.58. The number of aryl methyl sites for hydroxylation is 1. The van der Waals surface area contributed by atoms with Crippen molar-refractivity contribution in [1.29, 1.82) is 0 Å². The highest BCUT2D eigenvalue weighted by atomic mass is 16.5. The van der Waals surface area contributed by atoms with Gasteiger partial charge in [-0.1, -0.05) is 60.5 Å². The zero-order valence-electron chi connectivity index (χ0n) is 21.1. The number of nitrogens with zero attached hydrogens (tertiary/aromatic N) is 4. The molecule has 0 radical (unpaired) electrons. The Morgan fingerprint density at radius 3 is 2.59 bits per heavy atom. The lowest BCUT2D eigenvalue weighted by Crippen LogP contribution is -2.47. The number of amides is 2. The van der Waals surface area contributed by atoms with Crippen molar-refractivity contribution in [2.24, 2.45) is 0 Å². The Hall–Kier alpha value is -4.20. The third kappa shape index (κ3) is 5.18. The van der Waals surface area contributed by atoms with Gasteiger partial charge in [-0.25, -0.2) is 4.68 Å². The van der Waals surface area contributed by atoms with E-state index in [1.54, 1.807) is 22.8 Å². The quantitative estimate of drug-likeness (QED) is 0.385. The van der Waals surface area contributed by atoms with Gasteiger partial charge < -0.3 is 10.1 Å². The first-order valence-electron chi connectivity index (χ1n) is 12.7. The third-order valence-corrected chi connectivity index (χ3v) is 7.00. The lowest BCUT2D eigenvalue weighted by molar-refractivity contribution is -0.127. The number of fused-ring (bicyclic) bond motifs is 1. The van der Waals surface area contributed by atoms with Gasteiger partial charge in [0.05, 0.1) is 12.6 Å². The van der Waals surface area contributed by atoms with E-state index in [9.17, 15) is 9.59 Å². The molecule has 8 nitrogen and oxygen atoms in total. The Labute approximate surface area is 216 Å². The molecule has 0 bridgehead atoms. The monoisotopic (exact) mass is 497 g/mol. The highest BCUT2D eigenvalue weighted by molar-refractivity contribution is 6.02. The van der Waals surface area contributed by atoms with Gasteiger partial charge in [-0.3, -0.25) is 14.5 Å². The number of hydrogen-bond acceptors (Lipinski definition) is 5. The number of rotatable bonds is 8. The first-order valence-corrected chi connectivity index (χ1v) is 12.7.